The zero-order valence-corrected chi connectivity index (χ0v) is 13.4. The Kier molecular flexibility index (Phi) is 4.08. The molecule has 0 spiro atoms. The van der Waals surface area contributed by atoms with E-state index in [9.17, 15) is 0 Å². The van der Waals surface area contributed by atoms with E-state index in [-0.39, 0.29) is 0 Å². The normalized spacial score (nSPS) is 24.5. The van der Waals surface area contributed by atoms with Crippen LogP contribution in [0.3, 0.4) is 0 Å². The minimum absolute atomic E-state index is 0.832. The molecular formula is C15H28N6+2. The first-order valence-electron chi connectivity index (χ1n) is 8.26. The molecule has 0 saturated carbocycles. The van der Waals surface area contributed by atoms with Gasteiger partial charge in [0.1, 0.15) is 38.8 Å². The second kappa shape index (κ2) is 5.85. The third kappa shape index (κ3) is 2.87. The van der Waals surface area contributed by atoms with Crippen LogP contribution in [0.2, 0.25) is 0 Å². The summed E-state index contributed by atoms with van der Waals surface area (Å²) in [4.78, 5) is 13.0. The molecule has 0 unspecified atom stereocenters. The summed E-state index contributed by atoms with van der Waals surface area (Å²) in [6, 6.07) is 0. The smallest absolute Gasteiger partial charge is 0.225 e. The number of rotatable bonds is 3. The van der Waals surface area contributed by atoms with E-state index in [0.29, 0.717) is 0 Å². The molecule has 3 rings (SSSR count). The zero-order chi connectivity index (χ0) is 14.8. The summed E-state index contributed by atoms with van der Waals surface area (Å²) in [5.41, 5.74) is 0. The fourth-order valence-electron chi connectivity index (χ4n) is 4.06. The van der Waals surface area contributed by atoms with Crippen molar-refractivity contribution in [2.45, 2.75) is 38.5 Å². The molecule has 2 aliphatic heterocycles. The van der Waals surface area contributed by atoms with E-state index in [4.69, 9.17) is 0 Å². The van der Waals surface area contributed by atoms with E-state index in [1.807, 2.05) is 0 Å². The lowest BCUT2D eigenvalue weighted by Crippen LogP contribution is -2.74. The second-order valence-electron chi connectivity index (χ2n) is 6.92. The molecule has 0 radical (unpaired) electrons. The summed E-state index contributed by atoms with van der Waals surface area (Å²) in [6.45, 7) is 4.72. The van der Waals surface area contributed by atoms with Gasteiger partial charge in [-0.3, -0.25) is 0 Å². The van der Waals surface area contributed by atoms with Gasteiger partial charge in [0, 0.05) is 0 Å². The van der Waals surface area contributed by atoms with Crippen molar-refractivity contribution in [1.29, 1.82) is 0 Å². The Balaban J connectivity index is 1.98. The Morgan fingerprint density at radius 1 is 0.762 bits per heavy atom. The highest BCUT2D eigenvalue weighted by Gasteiger charge is 2.48. The Morgan fingerprint density at radius 2 is 1.19 bits per heavy atom. The van der Waals surface area contributed by atoms with Crippen LogP contribution < -0.4 is 5.12 Å². The Morgan fingerprint density at radius 3 is 1.62 bits per heavy atom. The fourth-order valence-corrected chi connectivity index (χ4v) is 4.06. The number of nitrogens with zero attached hydrogens (tertiary/aromatic N) is 6. The van der Waals surface area contributed by atoms with Gasteiger partial charge in [0.25, 0.3) is 0 Å². The number of aromatic nitrogens is 3. The predicted octanol–water partition coefficient (Wildman–Crippen LogP) is 1.77. The SMILES string of the molecule is C[N+]1(N(c2ncncn2)[N+]2(C)CCCCC2)CCCCC1. The molecule has 3 heterocycles. The van der Waals surface area contributed by atoms with Gasteiger partial charge in [0.15, 0.2) is 0 Å². The molecule has 1 aromatic heterocycles. The summed E-state index contributed by atoms with van der Waals surface area (Å²) in [5, 5.41) is 2.46. The summed E-state index contributed by atoms with van der Waals surface area (Å²) in [7, 11) is 4.70. The van der Waals surface area contributed by atoms with Crippen LogP contribution in [0.5, 0.6) is 0 Å². The maximum Gasteiger partial charge on any atom is 0.332 e. The van der Waals surface area contributed by atoms with Crippen molar-refractivity contribution in [3.8, 4) is 0 Å². The lowest BCUT2D eigenvalue weighted by Gasteiger charge is -2.52. The van der Waals surface area contributed by atoms with Gasteiger partial charge >= 0.3 is 5.95 Å². The lowest BCUT2D eigenvalue weighted by atomic mass is 10.1. The van der Waals surface area contributed by atoms with Gasteiger partial charge in [-0.15, -0.1) is 0 Å². The minimum atomic E-state index is 0.832. The zero-order valence-electron chi connectivity index (χ0n) is 13.4. The molecule has 0 amide bonds. The molecule has 6 nitrogen and oxygen atoms in total. The van der Waals surface area contributed by atoms with Crippen molar-refractivity contribution in [2.75, 3.05) is 45.4 Å². The van der Waals surface area contributed by atoms with Gasteiger partial charge in [-0.2, -0.15) is 19.2 Å². The van der Waals surface area contributed by atoms with E-state index in [2.05, 4.69) is 34.2 Å². The number of hydrogen-bond acceptors (Lipinski definition) is 4. The molecule has 1 aromatic rings. The number of anilines is 1. The summed E-state index contributed by atoms with van der Waals surface area (Å²) in [5.74, 6) is 0.832. The van der Waals surface area contributed by atoms with Crippen LogP contribution in [-0.2, 0) is 0 Å². The summed E-state index contributed by atoms with van der Waals surface area (Å²) >= 11 is 0. The quantitative estimate of drug-likeness (QED) is 0.796. The number of hydrogen-bond donors (Lipinski definition) is 0. The van der Waals surface area contributed by atoms with Crippen LogP contribution in [0, 0.1) is 0 Å². The van der Waals surface area contributed by atoms with Crippen molar-refractivity contribution in [3.63, 3.8) is 0 Å². The molecule has 116 valence electrons. The van der Waals surface area contributed by atoms with Crippen molar-refractivity contribution in [1.82, 2.24) is 15.0 Å². The van der Waals surface area contributed by atoms with Crippen molar-refractivity contribution in [3.05, 3.63) is 12.7 Å². The summed E-state index contributed by atoms with van der Waals surface area (Å²) in [6.07, 6.45) is 11.1. The van der Waals surface area contributed by atoms with Gasteiger partial charge in [-0.05, 0) is 43.6 Å². The molecule has 6 heteroatoms. The van der Waals surface area contributed by atoms with Gasteiger partial charge in [0.05, 0.1) is 14.1 Å². The maximum atomic E-state index is 4.49. The number of likely N-dealkylation sites (tertiary alicyclic amines) is 2. The van der Waals surface area contributed by atoms with Gasteiger partial charge in [0.2, 0.25) is 0 Å². The van der Waals surface area contributed by atoms with Crippen molar-refractivity contribution < 1.29 is 9.18 Å². The highest BCUT2D eigenvalue weighted by Crippen LogP contribution is 2.31. The average Bonchev–Trinajstić information content (AvgIpc) is 2.49. The van der Waals surface area contributed by atoms with E-state index >= 15 is 0 Å². The summed E-state index contributed by atoms with van der Waals surface area (Å²) < 4.78 is 1.86. The van der Waals surface area contributed by atoms with Crippen LogP contribution in [0.25, 0.3) is 0 Å². The van der Waals surface area contributed by atoms with Gasteiger partial charge in [-0.1, -0.05) is 0 Å². The third-order valence-corrected chi connectivity index (χ3v) is 5.13. The molecule has 0 bridgehead atoms. The first kappa shape index (κ1) is 14.7. The van der Waals surface area contributed by atoms with E-state index in [1.54, 1.807) is 12.7 Å². The molecule has 2 aliphatic rings. The molecule has 21 heavy (non-hydrogen) atoms. The largest absolute Gasteiger partial charge is 0.332 e. The van der Waals surface area contributed by atoms with Crippen LogP contribution in [-0.4, -0.2) is 64.4 Å². The highest BCUT2D eigenvalue weighted by atomic mass is 16.0. The fraction of sp³-hybridized carbons (Fsp3) is 0.800. The molecule has 0 aliphatic carbocycles. The van der Waals surface area contributed by atoms with Gasteiger partial charge in [-0.25, -0.2) is 4.98 Å². The minimum Gasteiger partial charge on any atom is -0.225 e. The van der Waals surface area contributed by atoms with Crippen LogP contribution in [0.1, 0.15) is 38.5 Å². The molecule has 0 atom stereocenters. The average molecular weight is 292 g/mol. The first-order chi connectivity index (χ1) is 10.1. The standard InChI is InChI=1S/C15H28N6/c1-20(9-5-3-6-10-20)19(15-17-13-16-14-18-15)21(2)11-7-4-8-12-21/h13-14H,3-12H2,1-2H3/q+2. The lowest BCUT2D eigenvalue weighted by molar-refractivity contribution is -1.10. The molecule has 0 aromatic carbocycles. The van der Waals surface area contributed by atoms with E-state index in [0.717, 1.165) is 15.1 Å². The Hall–Kier alpha value is -1.27. The van der Waals surface area contributed by atoms with Crippen LogP contribution in [0.15, 0.2) is 12.7 Å². The highest BCUT2D eigenvalue weighted by molar-refractivity contribution is 5.18. The van der Waals surface area contributed by atoms with Crippen LogP contribution >= 0.6 is 0 Å². The van der Waals surface area contributed by atoms with Crippen molar-refractivity contribution >= 4 is 5.95 Å². The topological polar surface area (TPSA) is 41.9 Å². The first-order valence-corrected chi connectivity index (χ1v) is 8.26. The molecule has 0 N–H and O–H groups in total. The monoisotopic (exact) mass is 292 g/mol. The van der Waals surface area contributed by atoms with E-state index in [1.165, 1.54) is 64.7 Å². The number of piperidine rings is 2. The van der Waals surface area contributed by atoms with Gasteiger partial charge < -0.3 is 0 Å². The van der Waals surface area contributed by atoms with E-state index < -0.39 is 0 Å². The molecule has 2 saturated heterocycles. The van der Waals surface area contributed by atoms with Crippen LogP contribution in [0.4, 0.5) is 5.95 Å². The predicted molar refractivity (Wildman–Crippen MR) is 81.8 cm³/mol. The maximum absolute atomic E-state index is 4.49. The Labute approximate surface area is 127 Å². The third-order valence-electron chi connectivity index (χ3n) is 5.13. The molecular weight excluding hydrogens is 264 g/mol. The second-order valence-corrected chi connectivity index (χ2v) is 6.92. The molecule has 2 fully saturated rings. The Bertz CT molecular complexity index is 426. The van der Waals surface area contributed by atoms with Crippen molar-refractivity contribution in [2.24, 2.45) is 0 Å². The number of quaternary nitrogens is 2.